The van der Waals surface area contributed by atoms with E-state index < -0.39 is 47.1 Å². The Morgan fingerprint density at radius 2 is 1.88 bits per heavy atom. The number of unbranched alkanes of at least 4 members (excludes halogenated alkanes) is 2. The number of alkyl halides is 1. The van der Waals surface area contributed by atoms with Crippen molar-refractivity contribution in [2.45, 2.75) is 121 Å². The van der Waals surface area contributed by atoms with Crippen molar-refractivity contribution in [3.8, 4) is 0 Å². The molecule has 0 aromatic rings. The van der Waals surface area contributed by atoms with Crippen molar-refractivity contribution in [2.75, 3.05) is 19.8 Å². The van der Waals surface area contributed by atoms with E-state index in [4.69, 9.17) is 9.47 Å². The number of likely N-dealkylation sites (tertiary alicyclic amines) is 1. The Bertz CT molecular complexity index is 1020. The molecule has 0 aromatic heterocycles. The van der Waals surface area contributed by atoms with Gasteiger partial charge in [0.05, 0.1) is 37.2 Å². The van der Waals surface area contributed by atoms with Crippen LogP contribution in [0.1, 0.15) is 87.0 Å². The SMILES string of the molecule is C=CCCCCOC(=O)[C@H]1[C@@H]2OC3(CC2Br)C(C(=O)N(CC=C)C(C)(C)CC(C)(C)C)N([C@@H](CO)CC(C)C)C(=O)[C@H]13. The number of fused-ring (bicyclic) bond motifs is 1. The zero-order chi connectivity index (χ0) is 31.6. The molecule has 0 aliphatic carbocycles. The number of aliphatic hydroxyl groups excluding tert-OH is 1. The Balaban J connectivity index is 2.08. The van der Waals surface area contributed by atoms with E-state index >= 15 is 0 Å². The van der Waals surface area contributed by atoms with Gasteiger partial charge in [-0.2, -0.15) is 0 Å². The van der Waals surface area contributed by atoms with E-state index in [2.05, 4.69) is 49.9 Å². The Labute approximate surface area is 261 Å². The van der Waals surface area contributed by atoms with Gasteiger partial charge >= 0.3 is 5.97 Å². The van der Waals surface area contributed by atoms with E-state index in [1.165, 1.54) is 0 Å². The van der Waals surface area contributed by atoms with Gasteiger partial charge in [-0.3, -0.25) is 14.4 Å². The topological polar surface area (TPSA) is 96.4 Å². The van der Waals surface area contributed by atoms with Gasteiger partial charge in [-0.25, -0.2) is 0 Å². The van der Waals surface area contributed by atoms with Crippen LogP contribution in [0.15, 0.2) is 25.3 Å². The number of hydrogen-bond acceptors (Lipinski definition) is 6. The molecule has 1 N–H and O–H groups in total. The Morgan fingerprint density at radius 3 is 2.43 bits per heavy atom. The smallest absolute Gasteiger partial charge is 0.312 e. The number of carbonyl (C=O) groups is 3. The molecule has 3 rings (SSSR count). The summed E-state index contributed by atoms with van der Waals surface area (Å²) in [5.74, 6) is -2.52. The van der Waals surface area contributed by atoms with E-state index in [-0.39, 0.29) is 41.2 Å². The van der Waals surface area contributed by atoms with Gasteiger partial charge < -0.3 is 24.4 Å². The maximum Gasteiger partial charge on any atom is 0.312 e. The minimum Gasteiger partial charge on any atom is -0.465 e. The van der Waals surface area contributed by atoms with Crippen LogP contribution in [0.5, 0.6) is 0 Å². The number of halogens is 1. The molecule has 2 amide bonds. The lowest BCUT2D eigenvalue weighted by Crippen LogP contribution is -2.62. The summed E-state index contributed by atoms with van der Waals surface area (Å²) < 4.78 is 12.4. The molecular weight excluding hydrogens is 600 g/mol. The lowest BCUT2D eigenvalue weighted by Gasteiger charge is -2.46. The second-order valence-electron chi connectivity index (χ2n) is 14.6. The molecule has 3 unspecified atom stereocenters. The second-order valence-corrected chi connectivity index (χ2v) is 15.8. The highest BCUT2D eigenvalue weighted by molar-refractivity contribution is 9.09. The van der Waals surface area contributed by atoms with Crippen molar-refractivity contribution in [2.24, 2.45) is 23.2 Å². The van der Waals surface area contributed by atoms with E-state index in [1.54, 1.807) is 11.0 Å². The fraction of sp³-hybridized carbons (Fsp3) is 0.788. The van der Waals surface area contributed by atoms with Crippen LogP contribution < -0.4 is 0 Å². The van der Waals surface area contributed by atoms with Crippen LogP contribution in [-0.2, 0) is 23.9 Å². The molecule has 7 atom stereocenters. The maximum atomic E-state index is 14.9. The van der Waals surface area contributed by atoms with E-state index in [1.807, 2.05) is 38.7 Å². The summed E-state index contributed by atoms with van der Waals surface area (Å²) in [5.41, 5.74) is -1.83. The average molecular weight is 654 g/mol. The number of allylic oxidation sites excluding steroid dienone is 1. The Morgan fingerprint density at radius 1 is 1.21 bits per heavy atom. The molecule has 3 aliphatic heterocycles. The standard InChI is InChI=1S/C33H53BrN2O6/c1-10-12-13-14-16-41-30(40)24-25-28(38)36(22(19-37)17-21(3)4)27(33(25)18-23(34)26(24)42-33)29(39)35(15-11-2)32(8,9)20-31(5,6)7/h10-11,21-27,37H,1-2,12-20H2,3-9H3/t22-,23?,24-,25+,26-,27?,33?/m1/s1. The summed E-state index contributed by atoms with van der Waals surface area (Å²) >= 11 is 3.73. The van der Waals surface area contributed by atoms with Crippen molar-refractivity contribution in [3.63, 3.8) is 0 Å². The molecule has 0 aromatic carbocycles. The number of hydrogen-bond donors (Lipinski definition) is 1. The highest BCUT2D eigenvalue weighted by atomic mass is 79.9. The summed E-state index contributed by atoms with van der Waals surface area (Å²) in [6, 6.07) is -1.57. The minimum atomic E-state index is -1.21. The predicted octanol–water partition coefficient (Wildman–Crippen LogP) is 5.27. The molecular formula is C33H53BrN2O6. The van der Waals surface area contributed by atoms with Gasteiger partial charge in [0, 0.05) is 16.9 Å². The summed E-state index contributed by atoms with van der Waals surface area (Å²) in [5, 5.41) is 10.6. The second kappa shape index (κ2) is 13.5. The monoisotopic (exact) mass is 652 g/mol. The van der Waals surface area contributed by atoms with Gasteiger partial charge in [0.15, 0.2) is 0 Å². The molecule has 238 valence electrons. The van der Waals surface area contributed by atoms with Crippen LogP contribution in [0.25, 0.3) is 0 Å². The first-order valence-corrected chi connectivity index (χ1v) is 16.4. The van der Waals surface area contributed by atoms with Gasteiger partial charge in [-0.15, -0.1) is 13.2 Å². The summed E-state index contributed by atoms with van der Waals surface area (Å²) in [6.07, 6.45) is 7.00. The zero-order valence-corrected chi connectivity index (χ0v) is 28.3. The molecule has 8 nitrogen and oxygen atoms in total. The van der Waals surface area contributed by atoms with Crippen LogP contribution in [0.2, 0.25) is 0 Å². The van der Waals surface area contributed by atoms with Gasteiger partial charge in [-0.05, 0) is 63.7 Å². The van der Waals surface area contributed by atoms with Crippen LogP contribution in [0.3, 0.4) is 0 Å². The first-order chi connectivity index (χ1) is 19.6. The molecule has 0 saturated carbocycles. The van der Waals surface area contributed by atoms with Gasteiger partial charge in [-0.1, -0.05) is 62.7 Å². The Kier molecular flexibility index (Phi) is 11.2. The lowest BCUT2D eigenvalue weighted by atomic mass is 9.70. The molecule has 9 heteroatoms. The third-order valence-electron chi connectivity index (χ3n) is 8.90. The van der Waals surface area contributed by atoms with E-state index in [9.17, 15) is 19.5 Å². The molecule has 0 radical (unpaired) electrons. The number of nitrogens with zero attached hydrogens (tertiary/aromatic N) is 2. The van der Waals surface area contributed by atoms with Crippen molar-refractivity contribution in [3.05, 3.63) is 25.3 Å². The number of esters is 1. The molecule has 2 bridgehead atoms. The molecule has 1 spiro atoms. The number of amides is 2. The van der Waals surface area contributed by atoms with Crippen molar-refractivity contribution in [1.29, 1.82) is 0 Å². The first-order valence-electron chi connectivity index (χ1n) is 15.5. The number of rotatable bonds is 15. The molecule has 3 heterocycles. The number of ether oxygens (including phenoxy) is 2. The summed E-state index contributed by atoms with van der Waals surface area (Å²) in [6.45, 7) is 22.5. The first kappa shape index (κ1) is 34.8. The zero-order valence-electron chi connectivity index (χ0n) is 26.7. The van der Waals surface area contributed by atoms with Crippen molar-refractivity contribution < 1.29 is 29.0 Å². The third kappa shape index (κ3) is 6.83. The fourth-order valence-corrected chi connectivity index (χ4v) is 8.74. The molecule has 3 saturated heterocycles. The van der Waals surface area contributed by atoms with Gasteiger partial charge in [0.1, 0.15) is 11.6 Å². The third-order valence-corrected chi connectivity index (χ3v) is 9.74. The number of carbonyl (C=O) groups excluding carboxylic acids is 3. The maximum absolute atomic E-state index is 14.9. The summed E-state index contributed by atoms with van der Waals surface area (Å²) in [7, 11) is 0. The summed E-state index contributed by atoms with van der Waals surface area (Å²) in [4.78, 5) is 46.1. The van der Waals surface area contributed by atoms with E-state index in [0.717, 1.165) is 19.3 Å². The fourth-order valence-electron chi connectivity index (χ4n) is 7.79. The highest BCUT2D eigenvalue weighted by Gasteiger charge is 2.77. The molecule has 42 heavy (non-hydrogen) atoms. The largest absolute Gasteiger partial charge is 0.465 e. The minimum absolute atomic E-state index is 0.0652. The van der Waals surface area contributed by atoms with Crippen LogP contribution in [0.4, 0.5) is 0 Å². The molecule has 3 aliphatic rings. The average Bonchev–Trinajstić information content (AvgIpc) is 3.47. The van der Waals surface area contributed by atoms with Crippen LogP contribution in [0, 0.1) is 23.2 Å². The van der Waals surface area contributed by atoms with Gasteiger partial charge in [0.25, 0.3) is 0 Å². The van der Waals surface area contributed by atoms with Gasteiger partial charge in [0.2, 0.25) is 11.8 Å². The quantitative estimate of drug-likeness (QED) is 0.112. The highest BCUT2D eigenvalue weighted by Crippen LogP contribution is 2.61. The van der Waals surface area contributed by atoms with Crippen molar-refractivity contribution in [1.82, 2.24) is 9.80 Å². The van der Waals surface area contributed by atoms with Crippen LogP contribution in [-0.4, -0.2) is 86.6 Å². The Hall–Kier alpha value is -1.71. The molecule has 3 fully saturated rings. The predicted molar refractivity (Wildman–Crippen MR) is 168 cm³/mol. The van der Waals surface area contributed by atoms with Crippen LogP contribution >= 0.6 is 15.9 Å². The van der Waals surface area contributed by atoms with Crippen molar-refractivity contribution >= 4 is 33.7 Å². The lowest BCUT2D eigenvalue weighted by molar-refractivity contribution is -0.158. The normalized spacial score (nSPS) is 29.5. The number of aliphatic hydroxyl groups is 1. The van der Waals surface area contributed by atoms with E-state index in [0.29, 0.717) is 25.8 Å².